The van der Waals surface area contributed by atoms with Crippen LogP contribution >= 0.6 is 0 Å². The average Bonchev–Trinajstić information content (AvgIpc) is 2.39. The molecule has 0 radical (unpaired) electrons. The lowest BCUT2D eigenvalue weighted by Gasteiger charge is -2.32. The van der Waals surface area contributed by atoms with Crippen LogP contribution < -0.4 is 0 Å². The Kier molecular flexibility index (Phi) is 4.32. The van der Waals surface area contributed by atoms with Crippen molar-refractivity contribution >= 4 is 11.5 Å². The summed E-state index contributed by atoms with van der Waals surface area (Å²) in [7, 11) is 0. The molecule has 4 heteroatoms. The zero-order valence-corrected chi connectivity index (χ0v) is 11.2. The van der Waals surface area contributed by atoms with Gasteiger partial charge in [-0.15, -0.1) is 0 Å². The Labute approximate surface area is 112 Å². The first-order valence-electron chi connectivity index (χ1n) is 6.40. The predicted molar refractivity (Wildman–Crippen MR) is 72.0 cm³/mol. The summed E-state index contributed by atoms with van der Waals surface area (Å²) in [4.78, 5) is 14.0. The third kappa shape index (κ3) is 3.41. The van der Waals surface area contributed by atoms with Crippen LogP contribution in [-0.2, 0) is 9.53 Å². The maximum Gasteiger partial charge on any atom is 0.247 e. The molecule has 0 unspecified atom stereocenters. The molecule has 1 fully saturated rings. The second-order valence-corrected chi connectivity index (χ2v) is 4.79. The van der Waals surface area contributed by atoms with Gasteiger partial charge in [0.25, 0.3) is 0 Å². The fourth-order valence-electron chi connectivity index (χ4n) is 2.14. The highest BCUT2D eigenvalue weighted by Gasteiger charge is 2.22. The van der Waals surface area contributed by atoms with Crippen molar-refractivity contribution in [3.8, 4) is 0 Å². The van der Waals surface area contributed by atoms with Gasteiger partial charge in [-0.3, -0.25) is 4.79 Å². The Bertz CT molecular complexity index is 499. The SMILES string of the molecule is C/C(=C\C(=O)N1CCOC[C@@H]1C)c1cccc(F)c1. The molecule has 1 amide bonds. The van der Waals surface area contributed by atoms with Crippen molar-refractivity contribution in [3.05, 3.63) is 41.7 Å². The first-order valence-corrected chi connectivity index (χ1v) is 6.40. The van der Waals surface area contributed by atoms with E-state index in [-0.39, 0.29) is 17.8 Å². The topological polar surface area (TPSA) is 29.5 Å². The molecule has 1 aromatic rings. The molecule has 0 spiro atoms. The number of rotatable bonds is 2. The molecule has 1 atom stereocenters. The highest BCUT2D eigenvalue weighted by atomic mass is 19.1. The second kappa shape index (κ2) is 5.97. The Balaban J connectivity index is 2.13. The van der Waals surface area contributed by atoms with E-state index in [2.05, 4.69) is 0 Å². The highest BCUT2D eigenvalue weighted by Crippen LogP contribution is 2.16. The Morgan fingerprint density at radius 1 is 1.53 bits per heavy atom. The molecule has 102 valence electrons. The number of hydrogen-bond acceptors (Lipinski definition) is 2. The Hall–Kier alpha value is -1.68. The molecule has 0 aliphatic carbocycles. The number of halogens is 1. The van der Waals surface area contributed by atoms with Gasteiger partial charge >= 0.3 is 0 Å². The molecule has 0 bridgehead atoms. The molecular formula is C15H18FNO2. The molecule has 19 heavy (non-hydrogen) atoms. The number of benzene rings is 1. The minimum Gasteiger partial charge on any atom is -0.377 e. The predicted octanol–water partition coefficient (Wildman–Crippen LogP) is 2.48. The van der Waals surface area contributed by atoms with Crippen LogP contribution in [0, 0.1) is 5.82 Å². The van der Waals surface area contributed by atoms with E-state index in [0.29, 0.717) is 19.8 Å². The number of allylic oxidation sites excluding steroid dienone is 1. The van der Waals surface area contributed by atoms with Crippen LogP contribution in [0.15, 0.2) is 30.3 Å². The van der Waals surface area contributed by atoms with Gasteiger partial charge in [-0.2, -0.15) is 0 Å². The van der Waals surface area contributed by atoms with Crippen LogP contribution in [0.2, 0.25) is 0 Å². The van der Waals surface area contributed by atoms with Gasteiger partial charge < -0.3 is 9.64 Å². The van der Waals surface area contributed by atoms with E-state index in [1.165, 1.54) is 12.1 Å². The highest BCUT2D eigenvalue weighted by molar-refractivity contribution is 5.95. The standard InChI is InChI=1S/C15H18FNO2/c1-11(13-4-3-5-14(16)9-13)8-15(18)17-6-7-19-10-12(17)2/h3-5,8-9,12H,6-7,10H2,1-2H3/b11-8+/t12-/m0/s1. The molecule has 1 aromatic carbocycles. The summed E-state index contributed by atoms with van der Waals surface area (Å²) in [6.45, 7) is 5.52. The smallest absolute Gasteiger partial charge is 0.247 e. The third-order valence-electron chi connectivity index (χ3n) is 3.27. The van der Waals surface area contributed by atoms with Gasteiger partial charge in [0.1, 0.15) is 5.82 Å². The summed E-state index contributed by atoms with van der Waals surface area (Å²) >= 11 is 0. The molecule has 3 nitrogen and oxygen atoms in total. The van der Waals surface area contributed by atoms with E-state index in [0.717, 1.165) is 11.1 Å². The van der Waals surface area contributed by atoms with Crippen LogP contribution in [0.25, 0.3) is 5.57 Å². The maximum absolute atomic E-state index is 13.1. The van der Waals surface area contributed by atoms with E-state index in [4.69, 9.17) is 4.74 Å². The van der Waals surface area contributed by atoms with Gasteiger partial charge in [-0.25, -0.2) is 4.39 Å². The van der Waals surface area contributed by atoms with Crippen LogP contribution in [0.4, 0.5) is 4.39 Å². The van der Waals surface area contributed by atoms with E-state index < -0.39 is 0 Å². The molecule has 0 N–H and O–H groups in total. The zero-order chi connectivity index (χ0) is 13.8. The molecular weight excluding hydrogens is 245 g/mol. The van der Waals surface area contributed by atoms with Crippen LogP contribution in [0.5, 0.6) is 0 Å². The van der Waals surface area contributed by atoms with Gasteiger partial charge in [0, 0.05) is 12.6 Å². The average molecular weight is 263 g/mol. The Morgan fingerprint density at radius 3 is 3.00 bits per heavy atom. The van der Waals surface area contributed by atoms with Gasteiger partial charge in [-0.05, 0) is 37.1 Å². The summed E-state index contributed by atoms with van der Waals surface area (Å²) in [5.74, 6) is -0.338. The fraction of sp³-hybridized carbons (Fsp3) is 0.400. The normalized spacial score (nSPS) is 20.5. The van der Waals surface area contributed by atoms with E-state index in [9.17, 15) is 9.18 Å². The lowest BCUT2D eigenvalue weighted by atomic mass is 10.1. The number of morpholine rings is 1. The minimum atomic E-state index is -0.294. The molecule has 2 rings (SSSR count). The number of carbonyl (C=O) groups is 1. The van der Waals surface area contributed by atoms with Crippen molar-refractivity contribution in [2.45, 2.75) is 19.9 Å². The first-order chi connectivity index (χ1) is 9.08. The van der Waals surface area contributed by atoms with E-state index in [1.807, 2.05) is 13.8 Å². The summed E-state index contributed by atoms with van der Waals surface area (Å²) in [6, 6.07) is 6.34. The zero-order valence-electron chi connectivity index (χ0n) is 11.2. The fourth-order valence-corrected chi connectivity index (χ4v) is 2.14. The maximum atomic E-state index is 13.1. The van der Waals surface area contributed by atoms with Gasteiger partial charge in [0.15, 0.2) is 0 Å². The van der Waals surface area contributed by atoms with Crippen molar-refractivity contribution in [1.29, 1.82) is 0 Å². The number of ether oxygens (including phenoxy) is 1. The van der Waals surface area contributed by atoms with Crippen molar-refractivity contribution in [2.75, 3.05) is 19.8 Å². The van der Waals surface area contributed by atoms with Gasteiger partial charge in [0.05, 0.1) is 19.3 Å². The summed E-state index contributed by atoms with van der Waals surface area (Å²) < 4.78 is 18.4. The lowest BCUT2D eigenvalue weighted by molar-refractivity contribution is -0.133. The van der Waals surface area contributed by atoms with Crippen molar-refractivity contribution in [1.82, 2.24) is 4.90 Å². The minimum absolute atomic E-state index is 0.0439. The van der Waals surface area contributed by atoms with Crippen molar-refractivity contribution in [3.63, 3.8) is 0 Å². The number of amides is 1. The van der Waals surface area contributed by atoms with Crippen LogP contribution in [0.1, 0.15) is 19.4 Å². The third-order valence-corrected chi connectivity index (χ3v) is 3.27. The van der Waals surface area contributed by atoms with Gasteiger partial charge in [-0.1, -0.05) is 12.1 Å². The molecule has 1 saturated heterocycles. The first kappa shape index (κ1) is 13.7. The second-order valence-electron chi connectivity index (χ2n) is 4.79. The number of nitrogens with zero attached hydrogens (tertiary/aromatic N) is 1. The van der Waals surface area contributed by atoms with Gasteiger partial charge in [0.2, 0.25) is 5.91 Å². The summed E-state index contributed by atoms with van der Waals surface area (Å²) in [6.07, 6.45) is 1.57. The largest absolute Gasteiger partial charge is 0.377 e. The van der Waals surface area contributed by atoms with E-state index >= 15 is 0 Å². The molecule has 0 saturated carbocycles. The number of hydrogen-bond donors (Lipinski definition) is 0. The lowest BCUT2D eigenvalue weighted by Crippen LogP contribution is -2.46. The Morgan fingerprint density at radius 2 is 2.32 bits per heavy atom. The molecule has 1 heterocycles. The van der Waals surface area contributed by atoms with E-state index in [1.54, 1.807) is 23.1 Å². The number of carbonyl (C=O) groups excluding carboxylic acids is 1. The summed E-state index contributed by atoms with van der Waals surface area (Å²) in [5, 5.41) is 0. The summed E-state index contributed by atoms with van der Waals surface area (Å²) in [5.41, 5.74) is 1.50. The molecule has 1 aliphatic heterocycles. The monoisotopic (exact) mass is 263 g/mol. The quantitative estimate of drug-likeness (QED) is 0.767. The van der Waals surface area contributed by atoms with Crippen molar-refractivity contribution < 1.29 is 13.9 Å². The van der Waals surface area contributed by atoms with Crippen LogP contribution in [0.3, 0.4) is 0 Å². The van der Waals surface area contributed by atoms with Crippen LogP contribution in [-0.4, -0.2) is 36.6 Å². The van der Waals surface area contributed by atoms with Crippen molar-refractivity contribution in [2.24, 2.45) is 0 Å². The molecule has 0 aromatic heterocycles. The molecule has 1 aliphatic rings.